The van der Waals surface area contributed by atoms with E-state index in [1.54, 1.807) is 0 Å². The van der Waals surface area contributed by atoms with Gasteiger partial charge in [-0.15, -0.1) is 0 Å². The van der Waals surface area contributed by atoms with Gasteiger partial charge in [0.25, 0.3) is 0 Å². The summed E-state index contributed by atoms with van der Waals surface area (Å²) in [6, 6.07) is 0.622. The van der Waals surface area contributed by atoms with Crippen LogP contribution in [0, 0.1) is 5.92 Å². The smallest absolute Gasteiger partial charge is 0.0939 e. The predicted octanol–water partition coefficient (Wildman–Crippen LogP) is 1.52. The molecule has 0 saturated carbocycles. The van der Waals surface area contributed by atoms with E-state index >= 15 is 0 Å². The highest BCUT2D eigenvalue weighted by atomic mass is 32.2. The van der Waals surface area contributed by atoms with E-state index in [-0.39, 0.29) is 5.60 Å². The van der Waals surface area contributed by atoms with Crippen molar-refractivity contribution in [3.05, 3.63) is 0 Å². The molecule has 16 heavy (non-hydrogen) atoms. The quantitative estimate of drug-likeness (QED) is 0.813. The van der Waals surface area contributed by atoms with Gasteiger partial charge in [0.05, 0.1) is 12.2 Å². The standard InChI is InChI=1S/C12H23NO2S/c1-13-11(8-16-2)10-3-5-15-12(7-10)4-6-14-9-12/h10-11,13H,3-9H2,1-2H3. The van der Waals surface area contributed by atoms with Crippen LogP contribution in [0.2, 0.25) is 0 Å². The Hall–Kier alpha value is 0.230. The molecule has 0 radical (unpaired) electrons. The number of thioether (sulfide) groups is 1. The highest BCUT2D eigenvalue weighted by Gasteiger charge is 2.42. The van der Waals surface area contributed by atoms with Crippen LogP contribution in [0.3, 0.4) is 0 Å². The molecule has 2 aliphatic heterocycles. The van der Waals surface area contributed by atoms with E-state index in [2.05, 4.69) is 18.6 Å². The molecule has 4 heteroatoms. The van der Waals surface area contributed by atoms with Gasteiger partial charge in [-0.1, -0.05) is 0 Å². The molecule has 0 amide bonds. The van der Waals surface area contributed by atoms with Gasteiger partial charge in [-0.05, 0) is 32.1 Å². The molecule has 1 spiro atoms. The first-order chi connectivity index (χ1) is 7.79. The fraction of sp³-hybridized carbons (Fsp3) is 1.00. The van der Waals surface area contributed by atoms with Gasteiger partial charge in [0.2, 0.25) is 0 Å². The average molecular weight is 245 g/mol. The van der Waals surface area contributed by atoms with E-state index in [0.29, 0.717) is 6.04 Å². The van der Waals surface area contributed by atoms with Crippen LogP contribution in [-0.2, 0) is 9.47 Å². The second-order valence-corrected chi connectivity index (χ2v) is 5.85. The highest BCUT2D eigenvalue weighted by molar-refractivity contribution is 7.98. The Morgan fingerprint density at radius 2 is 2.38 bits per heavy atom. The van der Waals surface area contributed by atoms with Crippen molar-refractivity contribution in [2.75, 3.05) is 38.9 Å². The molecule has 2 heterocycles. The number of nitrogens with one attached hydrogen (secondary N) is 1. The summed E-state index contributed by atoms with van der Waals surface area (Å²) >= 11 is 1.92. The van der Waals surface area contributed by atoms with Crippen molar-refractivity contribution < 1.29 is 9.47 Å². The van der Waals surface area contributed by atoms with Crippen LogP contribution < -0.4 is 5.32 Å². The summed E-state index contributed by atoms with van der Waals surface area (Å²) in [4.78, 5) is 0. The Labute approximate surface area is 103 Å². The summed E-state index contributed by atoms with van der Waals surface area (Å²) in [6.45, 7) is 2.58. The molecule has 1 N–H and O–H groups in total. The van der Waals surface area contributed by atoms with Gasteiger partial charge in [0, 0.05) is 31.4 Å². The Balaban J connectivity index is 1.94. The summed E-state index contributed by atoms with van der Waals surface area (Å²) < 4.78 is 11.5. The van der Waals surface area contributed by atoms with Crippen LogP contribution in [0.4, 0.5) is 0 Å². The van der Waals surface area contributed by atoms with E-state index in [0.717, 1.165) is 32.2 Å². The summed E-state index contributed by atoms with van der Waals surface area (Å²) in [6.07, 6.45) is 5.62. The molecule has 2 saturated heterocycles. The Morgan fingerprint density at radius 1 is 1.50 bits per heavy atom. The molecule has 0 aliphatic carbocycles. The third-order valence-electron chi connectivity index (χ3n) is 3.88. The zero-order valence-corrected chi connectivity index (χ0v) is 11.1. The maximum Gasteiger partial charge on any atom is 0.0939 e. The molecule has 2 fully saturated rings. The lowest BCUT2D eigenvalue weighted by molar-refractivity contribution is -0.101. The van der Waals surface area contributed by atoms with E-state index < -0.39 is 0 Å². The second-order valence-electron chi connectivity index (χ2n) is 4.94. The number of rotatable bonds is 4. The minimum atomic E-state index is 0.0520. The van der Waals surface area contributed by atoms with Crippen molar-refractivity contribution in [3.63, 3.8) is 0 Å². The zero-order valence-electron chi connectivity index (χ0n) is 10.3. The van der Waals surface area contributed by atoms with Gasteiger partial charge < -0.3 is 14.8 Å². The minimum Gasteiger partial charge on any atom is -0.378 e. The van der Waals surface area contributed by atoms with Crippen molar-refractivity contribution in [1.29, 1.82) is 0 Å². The lowest BCUT2D eigenvalue weighted by atomic mass is 9.81. The molecule has 0 aromatic carbocycles. The Bertz CT molecular complexity index is 219. The van der Waals surface area contributed by atoms with Crippen molar-refractivity contribution >= 4 is 11.8 Å². The molecule has 2 aliphatic rings. The number of ether oxygens (including phenoxy) is 2. The van der Waals surface area contributed by atoms with E-state index in [9.17, 15) is 0 Å². The molecule has 0 aromatic rings. The van der Waals surface area contributed by atoms with Gasteiger partial charge in [-0.2, -0.15) is 11.8 Å². The van der Waals surface area contributed by atoms with Crippen molar-refractivity contribution in [1.82, 2.24) is 5.32 Å². The molecule has 0 aromatic heterocycles. The van der Waals surface area contributed by atoms with E-state index in [4.69, 9.17) is 9.47 Å². The topological polar surface area (TPSA) is 30.5 Å². The van der Waals surface area contributed by atoms with Crippen molar-refractivity contribution in [2.24, 2.45) is 5.92 Å². The first-order valence-corrected chi connectivity index (χ1v) is 7.57. The summed E-state index contributed by atoms with van der Waals surface area (Å²) in [7, 11) is 2.08. The molecule has 94 valence electrons. The second kappa shape index (κ2) is 5.71. The van der Waals surface area contributed by atoms with E-state index in [1.807, 2.05) is 11.8 Å². The van der Waals surface area contributed by atoms with Crippen LogP contribution in [-0.4, -0.2) is 50.5 Å². The third kappa shape index (κ3) is 2.73. The lowest BCUT2D eigenvalue weighted by Crippen LogP contribution is -2.47. The minimum absolute atomic E-state index is 0.0520. The van der Waals surface area contributed by atoms with Gasteiger partial charge in [-0.3, -0.25) is 0 Å². The molecule has 3 nitrogen and oxygen atoms in total. The molecule has 2 rings (SSSR count). The Morgan fingerprint density at radius 3 is 3.00 bits per heavy atom. The van der Waals surface area contributed by atoms with Crippen LogP contribution in [0.5, 0.6) is 0 Å². The fourth-order valence-electron chi connectivity index (χ4n) is 2.91. The maximum atomic E-state index is 5.97. The van der Waals surface area contributed by atoms with Crippen LogP contribution in [0.1, 0.15) is 19.3 Å². The first kappa shape index (κ1) is 12.7. The average Bonchev–Trinajstić information content (AvgIpc) is 2.74. The largest absolute Gasteiger partial charge is 0.378 e. The molecule has 0 bridgehead atoms. The Kier molecular flexibility index (Phi) is 4.53. The monoisotopic (exact) mass is 245 g/mol. The lowest BCUT2D eigenvalue weighted by Gasteiger charge is -2.40. The molecule has 3 atom stereocenters. The molecular formula is C12H23NO2S. The third-order valence-corrected chi connectivity index (χ3v) is 4.58. The van der Waals surface area contributed by atoms with Crippen LogP contribution in [0.15, 0.2) is 0 Å². The predicted molar refractivity (Wildman–Crippen MR) is 68.1 cm³/mol. The van der Waals surface area contributed by atoms with Gasteiger partial charge >= 0.3 is 0 Å². The van der Waals surface area contributed by atoms with Gasteiger partial charge in [0.1, 0.15) is 0 Å². The van der Waals surface area contributed by atoms with Crippen molar-refractivity contribution in [3.8, 4) is 0 Å². The normalized spacial score (nSPS) is 36.8. The zero-order chi connectivity index (χ0) is 11.4. The summed E-state index contributed by atoms with van der Waals surface area (Å²) in [5.41, 5.74) is 0.0520. The number of hydrogen-bond acceptors (Lipinski definition) is 4. The van der Waals surface area contributed by atoms with E-state index in [1.165, 1.54) is 18.6 Å². The summed E-state index contributed by atoms with van der Waals surface area (Å²) in [5, 5.41) is 3.46. The maximum absolute atomic E-state index is 5.97. The number of hydrogen-bond donors (Lipinski definition) is 1. The highest BCUT2D eigenvalue weighted by Crippen LogP contribution is 2.37. The molecule has 3 unspecified atom stereocenters. The van der Waals surface area contributed by atoms with Gasteiger partial charge in [0.15, 0.2) is 0 Å². The van der Waals surface area contributed by atoms with Crippen molar-refractivity contribution in [2.45, 2.75) is 30.9 Å². The van der Waals surface area contributed by atoms with Crippen LogP contribution in [0.25, 0.3) is 0 Å². The summed E-state index contributed by atoms with van der Waals surface area (Å²) in [5.74, 6) is 1.94. The van der Waals surface area contributed by atoms with Gasteiger partial charge in [-0.25, -0.2) is 0 Å². The van der Waals surface area contributed by atoms with Crippen LogP contribution >= 0.6 is 11.8 Å². The first-order valence-electron chi connectivity index (χ1n) is 6.17. The molecular weight excluding hydrogens is 222 g/mol. The fourth-order valence-corrected chi connectivity index (χ4v) is 3.71. The SMILES string of the molecule is CNC(CSC)C1CCOC2(CCOC2)C1.